The smallest absolute Gasteiger partial charge is 0.0214 e. The van der Waals surface area contributed by atoms with E-state index in [1.807, 2.05) is 0 Å². The van der Waals surface area contributed by atoms with Crippen molar-refractivity contribution < 1.29 is 0 Å². The molecule has 1 nitrogen and oxygen atoms in total. The highest BCUT2D eigenvalue weighted by molar-refractivity contribution is 5.85. The molecule has 0 bridgehead atoms. The SMILES string of the molecule is Cc1ccccc1/C=C/CNCc1cccc2ccccc12. The number of nitrogens with one attached hydrogen (secondary N) is 1. The molecule has 0 fully saturated rings. The lowest BCUT2D eigenvalue weighted by atomic mass is 10.0. The molecule has 1 heteroatoms. The Balaban J connectivity index is 1.60. The first kappa shape index (κ1) is 14.6. The Bertz CT molecular complexity index is 781. The standard InChI is InChI=1S/C21H21N/c1-17-8-2-3-9-18(17)13-7-15-22-16-20-12-6-11-19-10-4-5-14-21(19)20/h2-14,22H,15-16H2,1H3/b13-7+. The quantitative estimate of drug-likeness (QED) is 0.655. The van der Waals surface area contributed by atoms with Crippen molar-refractivity contribution in [2.24, 2.45) is 0 Å². The summed E-state index contributed by atoms with van der Waals surface area (Å²) in [5.41, 5.74) is 3.95. The molecule has 0 aliphatic carbocycles. The van der Waals surface area contributed by atoms with Gasteiger partial charge in [0.25, 0.3) is 0 Å². The molecule has 0 aliphatic heterocycles. The summed E-state index contributed by atoms with van der Waals surface area (Å²) in [7, 11) is 0. The summed E-state index contributed by atoms with van der Waals surface area (Å²) in [4.78, 5) is 0. The summed E-state index contributed by atoms with van der Waals surface area (Å²) in [5, 5.41) is 6.13. The Kier molecular flexibility index (Phi) is 4.67. The molecule has 22 heavy (non-hydrogen) atoms. The molecule has 0 atom stereocenters. The fourth-order valence-electron chi connectivity index (χ4n) is 2.70. The molecule has 0 radical (unpaired) electrons. The third-order valence-corrected chi connectivity index (χ3v) is 3.94. The van der Waals surface area contributed by atoms with Crippen molar-refractivity contribution >= 4 is 16.8 Å². The maximum atomic E-state index is 3.50. The topological polar surface area (TPSA) is 12.0 Å². The molecule has 3 aromatic carbocycles. The monoisotopic (exact) mass is 287 g/mol. The number of benzene rings is 3. The van der Waals surface area contributed by atoms with Crippen molar-refractivity contribution in [2.75, 3.05) is 6.54 Å². The Labute approximate surface area is 132 Å². The summed E-state index contributed by atoms with van der Waals surface area (Å²) >= 11 is 0. The van der Waals surface area contributed by atoms with Crippen molar-refractivity contribution in [3.05, 3.63) is 89.5 Å². The number of hydrogen-bond donors (Lipinski definition) is 1. The van der Waals surface area contributed by atoms with Crippen LogP contribution in [-0.2, 0) is 6.54 Å². The van der Waals surface area contributed by atoms with Crippen LogP contribution in [0.1, 0.15) is 16.7 Å². The third-order valence-electron chi connectivity index (χ3n) is 3.94. The van der Waals surface area contributed by atoms with E-state index in [-0.39, 0.29) is 0 Å². The van der Waals surface area contributed by atoms with E-state index in [9.17, 15) is 0 Å². The summed E-state index contributed by atoms with van der Waals surface area (Å²) in [6.45, 7) is 3.90. The normalized spacial score (nSPS) is 11.3. The highest BCUT2D eigenvalue weighted by Gasteiger charge is 1.98. The van der Waals surface area contributed by atoms with Gasteiger partial charge >= 0.3 is 0 Å². The van der Waals surface area contributed by atoms with Crippen LogP contribution in [0.15, 0.2) is 72.8 Å². The van der Waals surface area contributed by atoms with E-state index in [0.29, 0.717) is 0 Å². The second kappa shape index (κ2) is 7.06. The minimum atomic E-state index is 0.873. The van der Waals surface area contributed by atoms with Crippen LogP contribution in [0.2, 0.25) is 0 Å². The molecule has 0 aromatic heterocycles. The van der Waals surface area contributed by atoms with Crippen LogP contribution in [0.25, 0.3) is 16.8 Å². The van der Waals surface area contributed by atoms with Crippen molar-refractivity contribution in [1.29, 1.82) is 0 Å². The zero-order chi connectivity index (χ0) is 15.2. The minimum Gasteiger partial charge on any atom is -0.309 e. The maximum absolute atomic E-state index is 3.50. The molecule has 0 amide bonds. The second-order valence-electron chi connectivity index (χ2n) is 5.53. The van der Waals surface area contributed by atoms with Gasteiger partial charge in [0.1, 0.15) is 0 Å². The molecule has 3 rings (SSSR count). The van der Waals surface area contributed by atoms with Gasteiger partial charge in [-0.15, -0.1) is 0 Å². The van der Waals surface area contributed by atoms with Crippen LogP contribution in [0, 0.1) is 6.92 Å². The van der Waals surface area contributed by atoms with Crippen molar-refractivity contribution in [3.8, 4) is 0 Å². The molecule has 110 valence electrons. The Morgan fingerprint density at radius 3 is 2.55 bits per heavy atom. The molecular weight excluding hydrogens is 266 g/mol. The van der Waals surface area contributed by atoms with Gasteiger partial charge in [0.05, 0.1) is 0 Å². The molecule has 0 heterocycles. The molecule has 1 N–H and O–H groups in total. The average Bonchev–Trinajstić information content (AvgIpc) is 2.56. The first-order chi connectivity index (χ1) is 10.8. The fraction of sp³-hybridized carbons (Fsp3) is 0.143. The lowest BCUT2D eigenvalue weighted by Crippen LogP contribution is -2.12. The summed E-state index contributed by atoms with van der Waals surface area (Å²) in [5.74, 6) is 0. The lowest BCUT2D eigenvalue weighted by Gasteiger charge is -2.07. The molecule has 0 saturated carbocycles. The zero-order valence-electron chi connectivity index (χ0n) is 12.9. The Morgan fingerprint density at radius 2 is 1.64 bits per heavy atom. The highest BCUT2D eigenvalue weighted by atomic mass is 14.8. The summed E-state index contributed by atoms with van der Waals surface area (Å²) < 4.78 is 0. The highest BCUT2D eigenvalue weighted by Crippen LogP contribution is 2.18. The van der Waals surface area contributed by atoms with E-state index in [1.54, 1.807) is 0 Å². The van der Waals surface area contributed by atoms with Crippen LogP contribution >= 0.6 is 0 Å². The van der Waals surface area contributed by atoms with Crippen molar-refractivity contribution in [3.63, 3.8) is 0 Å². The molecule has 0 spiro atoms. The predicted molar refractivity (Wildman–Crippen MR) is 95.9 cm³/mol. The second-order valence-corrected chi connectivity index (χ2v) is 5.53. The number of rotatable bonds is 5. The minimum absolute atomic E-state index is 0.873. The molecule has 0 saturated heterocycles. The van der Waals surface area contributed by atoms with Crippen LogP contribution in [0.4, 0.5) is 0 Å². The first-order valence-electron chi connectivity index (χ1n) is 7.74. The van der Waals surface area contributed by atoms with E-state index in [4.69, 9.17) is 0 Å². The number of fused-ring (bicyclic) bond motifs is 1. The zero-order valence-corrected chi connectivity index (χ0v) is 12.9. The van der Waals surface area contributed by atoms with Gasteiger partial charge < -0.3 is 5.32 Å². The molecule has 0 aliphatic rings. The molecular formula is C21H21N. The fourth-order valence-corrected chi connectivity index (χ4v) is 2.70. The Morgan fingerprint density at radius 1 is 0.864 bits per heavy atom. The van der Waals surface area contributed by atoms with E-state index >= 15 is 0 Å². The van der Waals surface area contributed by atoms with Gasteiger partial charge in [-0.2, -0.15) is 0 Å². The van der Waals surface area contributed by atoms with Gasteiger partial charge in [0, 0.05) is 13.1 Å². The van der Waals surface area contributed by atoms with Crippen molar-refractivity contribution in [1.82, 2.24) is 5.32 Å². The van der Waals surface area contributed by atoms with Crippen LogP contribution in [-0.4, -0.2) is 6.54 Å². The largest absolute Gasteiger partial charge is 0.309 e. The molecule has 0 unspecified atom stereocenters. The summed E-state index contributed by atoms with van der Waals surface area (Å²) in [6.07, 6.45) is 4.37. The summed E-state index contributed by atoms with van der Waals surface area (Å²) in [6, 6.07) is 23.5. The third kappa shape index (κ3) is 3.44. The van der Waals surface area contributed by atoms with Gasteiger partial charge in [-0.3, -0.25) is 0 Å². The molecule has 3 aromatic rings. The lowest BCUT2D eigenvalue weighted by molar-refractivity contribution is 0.765. The van der Waals surface area contributed by atoms with Crippen LogP contribution in [0.5, 0.6) is 0 Å². The predicted octanol–water partition coefficient (Wildman–Crippen LogP) is 4.95. The van der Waals surface area contributed by atoms with Gasteiger partial charge in [0.2, 0.25) is 0 Å². The van der Waals surface area contributed by atoms with E-state index < -0.39 is 0 Å². The van der Waals surface area contributed by atoms with Crippen molar-refractivity contribution in [2.45, 2.75) is 13.5 Å². The van der Waals surface area contributed by atoms with Crippen LogP contribution < -0.4 is 5.32 Å². The van der Waals surface area contributed by atoms with Gasteiger partial charge in [0.15, 0.2) is 0 Å². The number of hydrogen-bond acceptors (Lipinski definition) is 1. The number of aryl methyl sites for hydroxylation is 1. The van der Waals surface area contributed by atoms with E-state index in [2.05, 4.69) is 91.1 Å². The first-order valence-corrected chi connectivity index (χ1v) is 7.74. The van der Waals surface area contributed by atoms with Crippen LogP contribution in [0.3, 0.4) is 0 Å². The van der Waals surface area contributed by atoms with Gasteiger partial charge in [-0.25, -0.2) is 0 Å². The van der Waals surface area contributed by atoms with Gasteiger partial charge in [-0.05, 0) is 34.4 Å². The van der Waals surface area contributed by atoms with E-state index in [1.165, 1.54) is 27.5 Å². The van der Waals surface area contributed by atoms with E-state index in [0.717, 1.165) is 13.1 Å². The Hall–Kier alpha value is -2.38. The average molecular weight is 287 g/mol. The maximum Gasteiger partial charge on any atom is 0.0214 e. The van der Waals surface area contributed by atoms with Gasteiger partial charge in [-0.1, -0.05) is 78.9 Å².